The average Bonchev–Trinajstić information content (AvgIpc) is 3.63. The number of alkyl halides is 3. The van der Waals surface area contributed by atoms with Gasteiger partial charge in [-0.15, -0.1) is 16.4 Å². The number of H-pyrrole nitrogens is 1. The van der Waals surface area contributed by atoms with E-state index in [4.69, 9.17) is 20.6 Å². The van der Waals surface area contributed by atoms with Crippen LogP contribution in [0.3, 0.4) is 0 Å². The van der Waals surface area contributed by atoms with E-state index in [0.29, 0.717) is 46.7 Å². The second-order valence-electron chi connectivity index (χ2n) is 9.22. The number of ether oxygens (including phenoxy) is 3. The number of carbonyl (C=O) groups is 2. The van der Waals surface area contributed by atoms with Gasteiger partial charge < -0.3 is 25.3 Å². The van der Waals surface area contributed by atoms with Gasteiger partial charge in [0, 0.05) is 22.4 Å². The second-order valence-corrected chi connectivity index (χ2v) is 10.1. The Morgan fingerprint density at radius 3 is 2.66 bits per heavy atom. The first-order valence-electron chi connectivity index (χ1n) is 12.6. The summed E-state index contributed by atoms with van der Waals surface area (Å²) >= 11 is 0.505. The SMILES string of the molecule is COc1cc(C(Nc2ccc(C(=N)N)cc2)c2nn(-c3ncsc3C(=O)OC(=O)C(F)(F)F)c(=O)[nH]2)c(F)c2c1OCCC2. The highest BCUT2D eigenvalue weighted by Gasteiger charge is 2.43. The van der Waals surface area contributed by atoms with Crippen molar-refractivity contribution in [1.82, 2.24) is 19.7 Å². The molecule has 18 heteroatoms. The van der Waals surface area contributed by atoms with Gasteiger partial charge in [0.1, 0.15) is 17.7 Å². The van der Waals surface area contributed by atoms with Crippen LogP contribution < -0.4 is 26.2 Å². The Kier molecular flexibility index (Phi) is 8.09. The number of rotatable bonds is 8. The molecule has 44 heavy (non-hydrogen) atoms. The Hall–Kier alpha value is -5.26. The van der Waals surface area contributed by atoms with Crippen LogP contribution in [-0.4, -0.2) is 57.4 Å². The number of aromatic amines is 1. The van der Waals surface area contributed by atoms with E-state index in [1.54, 1.807) is 12.1 Å². The number of fused-ring (bicyclic) bond motifs is 1. The Balaban J connectivity index is 1.60. The van der Waals surface area contributed by atoms with Crippen molar-refractivity contribution in [1.29, 1.82) is 5.41 Å². The molecular weight excluding hydrogens is 614 g/mol. The molecule has 0 amide bonds. The van der Waals surface area contributed by atoms with Gasteiger partial charge >= 0.3 is 23.8 Å². The van der Waals surface area contributed by atoms with Gasteiger partial charge in [-0.1, -0.05) is 0 Å². The third-order valence-corrected chi connectivity index (χ3v) is 7.21. The number of anilines is 1. The van der Waals surface area contributed by atoms with E-state index in [2.05, 4.69) is 25.1 Å². The number of nitrogens with two attached hydrogens (primary N) is 1. The molecule has 230 valence electrons. The van der Waals surface area contributed by atoms with Crippen molar-refractivity contribution >= 4 is 34.8 Å². The lowest BCUT2D eigenvalue weighted by molar-refractivity contribution is -0.193. The van der Waals surface area contributed by atoms with Crippen molar-refractivity contribution in [2.45, 2.75) is 25.1 Å². The summed E-state index contributed by atoms with van der Waals surface area (Å²) in [6.45, 7) is 0.358. The predicted octanol–water partition coefficient (Wildman–Crippen LogP) is 3.22. The lowest BCUT2D eigenvalue weighted by Gasteiger charge is -2.25. The number of hydrogen-bond donors (Lipinski definition) is 4. The van der Waals surface area contributed by atoms with Crippen molar-refractivity contribution in [2.75, 3.05) is 19.0 Å². The molecule has 3 heterocycles. The smallest absolute Gasteiger partial charge is 0.491 e. The first kappa shape index (κ1) is 30.2. The predicted molar refractivity (Wildman–Crippen MR) is 146 cm³/mol. The summed E-state index contributed by atoms with van der Waals surface area (Å²) in [7, 11) is 1.38. The molecule has 13 nitrogen and oxygen atoms in total. The van der Waals surface area contributed by atoms with Gasteiger partial charge in [-0.3, -0.25) is 10.4 Å². The zero-order valence-electron chi connectivity index (χ0n) is 22.5. The molecule has 0 spiro atoms. The number of thiazole rings is 1. The highest BCUT2D eigenvalue weighted by Crippen LogP contribution is 2.41. The second kappa shape index (κ2) is 11.8. The molecule has 0 saturated carbocycles. The summed E-state index contributed by atoms with van der Waals surface area (Å²) in [5.74, 6) is -5.57. The number of hydrogen-bond acceptors (Lipinski definition) is 11. The first-order valence-corrected chi connectivity index (χ1v) is 13.5. The van der Waals surface area contributed by atoms with Crippen LogP contribution in [0.5, 0.6) is 11.5 Å². The van der Waals surface area contributed by atoms with Crippen LogP contribution in [0.2, 0.25) is 0 Å². The van der Waals surface area contributed by atoms with Crippen molar-refractivity contribution in [2.24, 2.45) is 5.73 Å². The number of halogens is 4. The molecule has 1 aliphatic heterocycles. The summed E-state index contributed by atoms with van der Waals surface area (Å²) in [6, 6.07) is 6.33. The molecule has 0 aliphatic carbocycles. The molecule has 0 radical (unpaired) electrons. The molecule has 1 aliphatic rings. The Morgan fingerprint density at radius 2 is 2.00 bits per heavy atom. The van der Waals surface area contributed by atoms with Gasteiger partial charge in [0.2, 0.25) is 0 Å². The van der Waals surface area contributed by atoms with Crippen molar-refractivity contribution < 1.29 is 41.4 Å². The monoisotopic (exact) mass is 635 g/mol. The maximum absolute atomic E-state index is 16.1. The lowest BCUT2D eigenvalue weighted by Crippen LogP contribution is -2.28. The molecule has 5 rings (SSSR count). The zero-order valence-corrected chi connectivity index (χ0v) is 23.3. The van der Waals surface area contributed by atoms with E-state index in [9.17, 15) is 27.6 Å². The molecule has 5 N–H and O–H groups in total. The fourth-order valence-corrected chi connectivity index (χ4v) is 5.04. The van der Waals surface area contributed by atoms with Crippen LogP contribution in [-0.2, 0) is 16.0 Å². The molecule has 4 aromatic rings. The van der Waals surface area contributed by atoms with E-state index in [1.807, 2.05) is 0 Å². The van der Waals surface area contributed by atoms with Crippen LogP contribution >= 0.6 is 11.3 Å². The standard InChI is InChI=1S/C26H21F4N7O6S/c1-41-15-9-14(16(27)13-3-2-8-42-18(13)15)17(34-12-6-4-11(5-7-12)20(31)32)21-35-25(40)37(36-21)22-19(44-10-33-22)23(38)43-24(39)26(28,29)30/h4-7,9-10,17,34H,2-3,8H2,1H3,(H3,31,32)(H,35,36,40). The average molecular weight is 636 g/mol. The topological polar surface area (TPSA) is 187 Å². The molecule has 0 saturated heterocycles. The molecule has 2 aromatic carbocycles. The Labute approximate surface area is 248 Å². The van der Waals surface area contributed by atoms with Gasteiger partial charge in [-0.05, 0) is 43.2 Å². The van der Waals surface area contributed by atoms with Crippen LogP contribution in [0.4, 0.5) is 23.2 Å². The maximum atomic E-state index is 16.1. The largest absolute Gasteiger partial charge is 0.493 e. The summed E-state index contributed by atoms with van der Waals surface area (Å²) in [5, 5.41) is 14.8. The molecule has 1 unspecified atom stereocenters. The number of nitrogens with one attached hydrogen (secondary N) is 3. The molecule has 0 bridgehead atoms. The van der Waals surface area contributed by atoms with E-state index in [0.717, 1.165) is 5.51 Å². The van der Waals surface area contributed by atoms with Gasteiger partial charge in [-0.25, -0.2) is 23.8 Å². The normalized spacial score (nSPS) is 13.4. The highest BCUT2D eigenvalue weighted by molar-refractivity contribution is 7.12. The van der Waals surface area contributed by atoms with E-state index in [-0.39, 0.29) is 34.3 Å². The number of esters is 2. The molecule has 1 atom stereocenters. The van der Waals surface area contributed by atoms with E-state index >= 15 is 4.39 Å². The summed E-state index contributed by atoms with van der Waals surface area (Å²) < 4.78 is 69.6. The fraction of sp³-hybridized carbons (Fsp3) is 0.231. The summed E-state index contributed by atoms with van der Waals surface area (Å²) in [5.41, 5.74) is 6.61. The van der Waals surface area contributed by atoms with E-state index < -0.39 is 46.4 Å². The summed E-state index contributed by atoms with van der Waals surface area (Å²) in [6.07, 6.45) is -4.58. The molecular formula is C26H21F4N7O6S. The third kappa shape index (κ3) is 5.83. The maximum Gasteiger partial charge on any atom is 0.491 e. The number of benzene rings is 2. The number of methoxy groups -OCH3 is 1. The quantitative estimate of drug-likeness (QED) is 0.0736. The minimum Gasteiger partial charge on any atom is -0.493 e. The zero-order chi connectivity index (χ0) is 31.8. The van der Waals surface area contributed by atoms with Gasteiger partial charge in [-0.2, -0.15) is 17.9 Å². The number of aromatic nitrogens is 4. The van der Waals surface area contributed by atoms with Crippen molar-refractivity contribution in [3.8, 4) is 17.3 Å². The van der Waals surface area contributed by atoms with Crippen LogP contribution in [0.15, 0.2) is 40.6 Å². The Morgan fingerprint density at radius 1 is 1.27 bits per heavy atom. The van der Waals surface area contributed by atoms with E-state index in [1.165, 1.54) is 25.3 Å². The van der Waals surface area contributed by atoms with Crippen LogP contribution in [0.1, 0.15) is 44.6 Å². The number of nitrogens with zero attached hydrogens (tertiary/aromatic N) is 3. The van der Waals surface area contributed by atoms with Gasteiger partial charge in [0.05, 0.1) is 19.2 Å². The molecule has 0 fully saturated rings. The number of nitrogen functional groups attached to an aromatic ring is 1. The van der Waals surface area contributed by atoms with Crippen LogP contribution in [0, 0.1) is 11.2 Å². The van der Waals surface area contributed by atoms with Gasteiger partial charge in [0.25, 0.3) is 0 Å². The van der Waals surface area contributed by atoms with Crippen molar-refractivity contribution in [3.05, 3.63) is 79.5 Å². The minimum atomic E-state index is -5.44. The fourth-order valence-electron chi connectivity index (χ4n) is 4.40. The Bertz CT molecular complexity index is 1820. The minimum absolute atomic E-state index is 0.0173. The van der Waals surface area contributed by atoms with Gasteiger partial charge in [0.15, 0.2) is 28.0 Å². The third-order valence-electron chi connectivity index (χ3n) is 6.42. The van der Waals surface area contributed by atoms with Crippen LogP contribution in [0.25, 0.3) is 5.82 Å². The number of carbonyl (C=O) groups excluding carboxylic acids is 2. The highest BCUT2D eigenvalue weighted by atomic mass is 32.1. The lowest BCUT2D eigenvalue weighted by atomic mass is 9.96. The molecule has 2 aromatic heterocycles. The first-order chi connectivity index (χ1) is 20.9. The summed E-state index contributed by atoms with van der Waals surface area (Å²) in [4.78, 5) is 42.3. The van der Waals surface area contributed by atoms with Crippen molar-refractivity contribution in [3.63, 3.8) is 0 Å². The number of amidine groups is 1.